The quantitative estimate of drug-likeness (QED) is 0.451. The zero-order valence-electron chi connectivity index (χ0n) is 21.1. The van der Waals surface area contributed by atoms with E-state index in [-0.39, 0.29) is 23.3 Å². The van der Waals surface area contributed by atoms with Crippen LogP contribution in [0.25, 0.3) is 0 Å². The van der Waals surface area contributed by atoms with E-state index < -0.39 is 5.92 Å². The maximum atomic E-state index is 13.7. The molecule has 1 fully saturated rings. The van der Waals surface area contributed by atoms with Crippen molar-refractivity contribution in [2.45, 2.75) is 84.2 Å². The van der Waals surface area contributed by atoms with E-state index in [9.17, 15) is 9.59 Å². The van der Waals surface area contributed by atoms with E-state index in [1.165, 1.54) is 12.8 Å². The summed E-state index contributed by atoms with van der Waals surface area (Å²) < 4.78 is 17.4. The summed E-state index contributed by atoms with van der Waals surface area (Å²) in [4.78, 5) is 27.3. The molecule has 0 amide bonds. The van der Waals surface area contributed by atoms with Crippen LogP contribution in [-0.2, 0) is 14.3 Å². The number of carbonyl (C=O) groups is 2. The molecule has 2 aliphatic carbocycles. The number of hydrogen-bond donors (Lipinski definition) is 1. The van der Waals surface area contributed by atoms with Crippen molar-refractivity contribution in [2.75, 3.05) is 14.2 Å². The van der Waals surface area contributed by atoms with Gasteiger partial charge in [0.05, 0.1) is 25.7 Å². The van der Waals surface area contributed by atoms with Gasteiger partial charge in [0, 0.05) is 29.0 Å². The molecule has 6 heteroatoms. The minimum Gasteiger partial charge on any atom is -0.493 e. The average molecular weight is 468 g/mol. The zero-order chi connectivity index (χ0) is 24.5. The van der Waals surface area contributed by atoms with Gasteiger partial charge in [-0.15, -0.1) is 0 Å². The average Bonchev–Trinajstić information content (AvgIpc) is 3.05. The summed E-state index contributed by atoms with van der Waals surface area (Å²) in [6.07, 6.45) is 7.37. The van der Waals surface area contributed by atoms with E-state index in [1.54, 1.807) is 14.2 Å². The number of rotatable bonds is 5. The molecule has 1 N–H and O–H groups in total. The number of Topliss-reactive ketones (excluding diaryl/α,β-unsaturated/α-hetero) is 1. The maximum Gasteiger partial charge on any atom is 0.337 e. The van der Waals surface area contributed by atoms with E-state index >= 15 is 0 Å². The number of ether oxygens (including phenoxy) is 3. The molecule has 1 aromatic carbocycles. The molecule has 1 aliphatic heterocycles. The van der Waals surface area contributed by atoms with Crippen molar-refractivity contribution in [2.24, 2.45) is 5.41 Å². The first-order valence-corrected chi connectivity index (χ1v) is 12.4. The molecule has 1 heterocycles. The van der Waals surface area contributed by atoms with Crippen molar-refractivity contribution >= 4 is 11.8 Å². The fraction of sp³-hybridized carbons (Fsp3) is 0.571. The van der Waals surface area contributed by atoms with Crippen LogP contribution in [0.2, 0.25) is 0 Å². The van der Waals surface area contributed by atoms with Gasteiger partial charge in [-0.05, 0) is 50.5 Å². The fourth-order valence-corrected chi connectivity index (χ4v) is 5.73. The Morgan fingerprint density at radius 2 is 1.74 bits per heavy atom. The number of para-hydroxylation sites is 1. The highest BCUT2D eigenvalue weighted by atomic mass is 16.5. The molecule has 6 nitrogen and oxygen atoms in total. The van der Waals surface area contributed by atoms with Gasteiger partial charge in [-0.25, -0.2) is 4.79 Å². The van der Waals surface area contributed by atoms with Crippen molar-refractivity contribution in [3.05, 3.63) is 46.3 Å². The van der Waals surface area contributed by atoms with Gasteiger partial charge in [-0.3, -0.25) is 4.79 Å². The molecule has 0 saturated heterocycles. The first kappa shape index (κ1) is 24.4. The number of esters is 1. The molecular weight excluding hydrogens is 430 g/mol. The number of allylic oxidation sites excluding steroid dienone is 3. The zero-order valence-corrected chi connectivity index (χ0v) is 21.1. The summed E-state index contributed by atoms with van der Waals surface area (Å²) in [6, 6.07) is 5.62. The second-order valence-electron chi connectivity index (χ2n) is 10.5. The summed E-state index contributed by atoms with van der Waals surface area (Å²) in [6.45, 7) is 6.11. The van der Waals surface area contributed by atoms with Crippen LogP contribution in [-0.4, -0.2) is 32.1 Å². The summed E-state index contributed by atoms with van der Waals surface area (Å²) in [5.41, 5.74) is 3.35. The van der Waals surface area contributed by atoms with Crippen LogP contribution in [0, 0.1) is 5.41 Å². The molecule has 1 atom stereocenters. The number of nitrogens with one attached hydrogen (secondary N) is 1. The second-order valence-corrected chi connectivity index (χ2v) is 10.5. The van der Waals surface area contributed by atoms with E-state index in [2.05, 4.69) is 19.2 Å². The number of dihydropyridines is 1. The van der Waals surface area contributed by atoms with Crippen LogP contribution >= 0.6 is 0 Å². The molecule has 0 bridgehead atoms. The molecule has 1 aromatic rings. The first-order valence-electron chi connectivity index (χ1n) is 12.4. The molecule has 0 spiro atoms. The largest absolute Gasteiger partial charge is 0.493 e. The van der Waals surface area contributed by atoms with Crippen molar-refractivity contribution in [1.82, 2.24) is 5.32 Å². The predicted molar refractivity (Wildman–Crippen MR) is 131 cm³/mol. The lowest BCUT2D eigenvalue weighted by molar-refractivity contribution is -0.145. The third-order valence-corrected chi connectivity index (χ3v) is 7.28. The number of benzene rings is 1. The van der Waals surface area contributed by atoms with Crippen LogP contribution < -0.4 is 14.8 Å². The van der Waals surface area contributed by atoms with Crippen LogP contribution in [0.4, 0.5) is 0 Å². The van der Waals surface area contributed by atoms with Gasteiger partial charge >= 0.3 is 5.97 Å². The monoisotopic (exact) mass is 467 g/mol. The number of hydrogen-bond acceptors (Lipinski definition) is 6. The molecular formula is C28H37NO5. The maximum absolute atomic E-state index is 13.7. The van der Waals surface area contributed by atoms with Gasteiger partial charge in [0.1, 0.15) is 6.10 Å². The topological polar surface area (TPSA) is 73.9 Å². The predicted octanol–water partition coefficient (Wildman–Crippen LogP) is 5.57. The Labute approximate surface area is 202 Å². The minimum atomic E-state index is -0.567. The van der Waals surface area contributed by atoms with Crippen molar-refractivity contribution < 1.29 is 23.8 Å². The molecule has 0 aromatic heterocycles. The number of carbonyl (C=O) groups excluding carboxylic acids is 2. The molecule has 184 valence electrons. The van der Waals surface area contributed by atoms with Crippen LogP contribution in [0.3, 0.4) is 0 Å². The molecule has 4 rings (SSSR count). The third-order valence-electron chi connectivity index (χ3n) is 7.28. The Hall–Kier alpha value is -2.76. The lowest BCUT2D eigenvalue weighted by Gasteiger charge is -2.40. The van der Waals surface area contributed by atoms with E-state index in [0.717, 1.165) is 49.1 Å². The smallest absolute Gasteiger partial charge is 0.337 e. The highest BCUT2D eigenvalue weighted by Crippen LogP contribution is 2.50. The molecule has 3 aliphatic rings. The van der Waals surface area contributed by atoms with Crippen molar-refractivity contribution in [1.29, 1.82) is 0 Å². The molecule has 0 radical (unpaired) electrons. The summed E-state index contributed by atoms with van der Waals surface area (Å²) >= 11 is 0. The highest BCUT2D eigenvalue weighted by molar-refractivity contribution is 6.04. The highest BCUT2D eigenvalue weighted by Gasteiger charge is 2.44. The summed E-state index contributed by atoms with van der Waals surface area (Å²) in [5, 5.41) is 3.42. The minimum absolute atomic E-state index is 0.0564. The lowest BCUT2D eigenvalue weighted by Crippen LogP contribution is -2.39. The van der Waals surface area contributed by atoms with Crippen molar-refractivity contribution in [3.63, 3.8) is 0 Å². The Kier molecular flexibility index (Phi) is 7.06. The molecule has 1 saturated carbocycles. The SMILES string of the molecule is COc1cccc([C@H]2C(C(=O)OC3CCCCCC3)=C(C)NC3=C2C(=O)CC(C)(C)C3)c1OC. The Morgan fingerprint density at radius 3 is 2.38 bits per heavy atom. The lowest BCUT2D eigenvalue weighted by atomic mass is 9.68. The van der Waals surface area contributed by atoms with Crippen LogP contribution in [0.1, 0.15) is 83.6 Å². The summed E-state index contributed by atoms with van der Waals surface area (Å²) in [5.74, 6) is 0.243. The van der Waals surface area contributed by atoms with Crippen molar-refractivity contribution in [3.8, 4) is 11.5 Å². The van der Waals surface area contributed by atoms with Gasteiger partial charge in [-0.2, -0.15) is 0 Å². The van der Waals surface area contributed by atoms with Gasteiger partial charge in [-0.1, -0.05) is 38.8 Å². The third kappa shape index (κ3) is 4.73. The van der Waals surface area contributed by atoms with Crippen LogP contribution in [0.15, 0.2) is 40.7 Å². The van der Waals surface area contributed by atoms with Gasteiger partial charge in [0.2, 0.25) is 0 Å². The Morgan fingerprint density at radius 1 is 1.03 bits per heavy atom. The van der Waals surface area contributed by atoms with Gasteiger partial charge < -0.3 is 19.5 Å². The Bertz CT molecular complexity index is 1030. The first-order chi connectivity index (χ1) is 16.3. The molecule has 0 unspecified atom stereocenters. The number of ketones is 1. The fourth-order valence-electron chi connectivity index (χ4n) is 5.73. The van der Waals surface area contributed by atoms with E-state index in [0.29, 0.717) is 29.1 Å². The standard InChI is InChI=1S/C28H37NO5/c1-17-23(27(31)34-18-11-8-6-7-9-12-18)24(19-13-10-14-22(32-4)26(19)33-5)25-20(29-17)15-28(2,3)16-21(25)30/h10,13-14,18,24,29H,6-9,11-12,15-16H2,1-5H3/t24-/m0/s1. The van der Waals surface area contributed by atoms with Gasteiger partial charge in [0.25, 0.3) is 0 Å². The summed E-state index contributed by atoms with van der Waals surface area (Å²) in [7, 11) is 3.18. The normalized spacial score (nSPS) is 23.1. The van der Waals surface area contributed by atoms with Gasteiger partial charge in [0.15, 0.2) is 17.3 Å². The van der Waals surface area contributed by atoms with E-state index in [1.807, 2.05) is 25.1 Å². The van der Waals surface area contributed by atoms with E-state index in [4.69, 9.17) is 14.2 Å². The molecule has 34 heavy (non-hydrogen) atoms. The van der Waals surface area contributed by atoms with Crippen LogP contribution in [0.5, 0.6) is 11.5 Å². The Balaban J connectivity index is 1.82. The number of methoxy groups -OCH3 is 2. The second kappa shape index (κ2) is 9.85.